The molecule has 18 heteroatoms. The summed E-state index contributed by atoms with van der Waals surface area (Å²) in [6.07, 6.45) is 3.32. The number of hydrogen-bond acceptors (Lipinski definition) is 15. The van der Waals surface area contributed by atoms with Crippen LogP contribution >= 0.6 is 0 Å². The van der Waals surface area contributed by atoms with Gasteiger partial charge in [-0.1, -0.05) is 48.0 Å². The molecule has 6 aromatic carbocycles. The minimum absolute atomic E-state index is 0.251. The fourth-order valence-corrected chi connectivity index (χ4v) is 5.51. The number of carbonyl (C=O) groups is 1. The lowest BCUT2D eigenvalue weighted by molar-refractivity contribution is -0.0980. The van der Waals surface area contributed by atoms with Gasteiger partial charge >= 0.3 is 10.6 Å². The minimum Gasteiger partial charge on any atom is -0.494 e. The molecule has 0 aromatic heterocycles. The van der Waals surface area contributed by atoms with Crippen LogP contribution in [0.1, 0.15) is 23.6 Å². The van der Waals surface area contributed by atoms with Crippen molar-refractivity contribution >= 4 is 85.2 Å². The van der Waals surface area contributed by atoms with E-state index in [0.29, 0.717) is 40.7 Å². The van der Waals surface area contributed by atoms with Crippen molar-refractivity contribution in [3.05, 3.63) is 156 Å². The van der Waals surface area contributed by atoms with Crippen LogP contribution in [-0.2, 0) is 25.5 Å². The van der Waals surface area contributed by atoms with Gasteiger partial charge in [-0.3, -0.25) is 4.55 Å². The molecule has 0 aliphatic rings. The van der Waals surface area contributed by atoms with Crippen molar-refractivity contribution in [2.75, 3.05) is 6.61 Å². The predicted molar refractivity (Wildman–Crippen MR) is 227 cm³/mol. The highest BCUT2D eigenvalue weighted by Gasteiger charge is 2.15. The maximum Gasteiger partial charge on any atom is 0.425 e. The third-order valence-electron chi connectivity index (χ3n) is 7.63. The lowest BCUT2D eigenvalue weighted by Crippen LogP contribution is -2.00. The first-order chi connectivity index (χ1) is 28.9. The Labute approximate surface area is 347 Å². The number of carbonyl (C=O) groups excluding carboxylic acids is 1. The summed E-state index contributed by atoms with van der Waals surface area (Å²) >= 11 is 0. The molecule has 0 fully saturated rings. The van der Waals surface area contributed by atoms with E-state index in [1.165, 1.54) is 6.07 Å². The number of benzene rings is 6. The molecule has 0 unspecified atom stereocenters. The van der Waals surface area contributed by atoms with Gasteiger partial charge in [-0.25, -0.2) is 0 Å². The molecule has 0 saturated carbocycles. The van der Waals surface area contributed by atoms with E-state index in [1.54, 1.807) is 84.9 Å². The lowest BCUT2D eigenvalue weighted by atomic mass is 10.1. The van der Waals surface area contributed by atoms with Crippen molar-refractivity contribution < 1.29 is 35.1 Å². The third-order valence-corrected chi connectivity index (χ3v) is 8.54. The van der Waals surface area contributed by atoms with Crippen LogP contribution in [0.2, 0.25) is 0 Å². The molecule has 0 aliphatic carbocycles. The zero-order chi connectivity index (χ0) is 43.3. The monoisotopic (exact) mass is 844 g/mol. The summed E-state index contributed by atoms with van der Waals surface area (Å²) in [5.41, 5.74) is 7.04. The number of ether oxygens (including phenoxy) is 1. The molecule has 0 radical (unpaired) electrons. The highest BCUT2D eigenvalue weighted by Crippen LogP contribution is 2.29. The van der Waals surface area contributed by atoms with Gasteiger partial charge in [-0.15, -0.1) is 12.6 Å². The SMILES string of the molecule is C=O.CCOc1ccc(N=Nc2ccc(N=Nc3ccc(C=Cc4ccc(N=Nc5ccc(N=Nc6ccc(C)cc6)cc5)cc4S(=O)(=O)O)cc3)cc2)cc1.O=S(=O)=O. The predicted octanol–water partition coefficient (Wildman–Crippen LogP) is 12.3. The maximum absolute atomic E-state index is 12.3. The Kier molecular flexibility index (Phi) is 17.3. The molecule has 0 bridgehead atoms. The maximum atomic E-state index is 12.3. The zero-order valence-electron chi connectivity index (χ0n) is 32.0. The zero-order valence-corrected chi connectivity index (χ0v) is 33.7. The second-order valence-electron chi connectivity index (χ2n) is 11.9. The molecule has 0 amide bonds. The Morgan fingerprint density at radius 1 is 0.533 bits per heavy atom. The van der Waals surface area contributed by atoms with E-state index in [-0.39, 0.29) is 16.1 Å². The van der Waals surface area contributed by atoms with Crippen molar-refractivity contribution in [1.29, 1.82) is 0 Å². The molecule has 6 aromatic rings. The summed E-state index contributed by atoms with van der Waals surface area (Å²) in [6, 6.07) is 40.9. The van der Waals surface area contributed by atoms with Crippen LogP contribution in [-0.4, -0.2) is 39.0 Å². The first kappa shape index (κ1) is 45.2. The van der Waals surface area contributed by atoms with Gasteiger partial charge in [-0.2, -0.15) is 49.3 Å². The number of aryl methyl sites for hydroxylation is 1. The van der Waals surface area contributed by atoms with Crippen LogP contribution in [0.15, 0.2) is 185 Å². The minimum atomic E-state index is -4.56. The van der Waals surface area contributed by atoms with E-state index in [9.17, 15) is 13.0 Å². The molecular weight excluding hydrogens is 809 g/mol. The molecular formula is C42H36N8O8S2. The van der Waals surface area contributed by atoms with Crippen molar-refractivity contribution in [3.8, 4) is 5.75 Å². The fourth-order valence-electron chi connectivity index (χ4n) is 4.81. The summed E-state index contributed by atoms with van der Waals surface area (Å²) in [5.74, 6) is 0.784. The smallest absolute Gasteiger partial charge is 0.425 e. The average Bonchev–Trinajstić information content (AvgIpc) is 3.25. The topological polar surface area (TPSA) is 231 Å². The van der Waals surface area contributed by atoms with E-state index in [4.69, 9.17) is 22.2 Å². The van der Waals surface area contributed by atoms with Crippen LogP contribution < -0.4 is 4.74 Å². The average molecular weight is 845 g/mol. The fraction of sp³-hybridized carbons (Fsp3) is 0.0714. The normalized spacial score (nSPS) is 11.4. The van der Waals surface area contributed by atoms with Crippen LogP contribution in [0.25, 0.3) is 12.2 Å². The van der Waals surface area contributed by atoms with Crippen LogP contribution in [0, 0.1) is 6.92 Å². The number of azo groups is 4. The van der Waals surface area contributed by atoms with Gasteiger partial charge in [0.15, 0.2) is 0 Å². The van der Waals surface area contributed by atoms with Crippen molar-refractivity contribution in [2.24, 2.45) is 40.9 Å². The Bertz CT molecular complexity index is 2700. The first-order valence-corrected chi connectivity index (χ1v) is 20.0. The van der Waals surface area contributed by atoms with Gasteiger partial charge in [0, 0.05) is 0 Å². The number of nitrogens with zero attached hydrogens (tertiary/aromatic N) is 8. The van der Waals surface area contributed by atoms with Crippen molar-refractivity contribution in [2.45, 2.75) is 18.7 Å². The highest BCUT2D eigenvalue weighted by molar-refractivity contribution is 7.86. The Morgan fingerprint density at radius 2 is 0.850 bits per heavy atom. The second kappa shape index (κ2) is 23.0. The van der Waals surface area contributed by atoms with Crippen LogP contribution in [0.4, 0.5) is 45.5 Å². The second-order valence-corrected chi connectivity index (χ2v) is 13.7. The van der Waals surface area contributed by atoms with Gasteiger partial charge < -0.3 is 9.53 Å². The summed E-state index contributed by atoms with van der Waals surface area (Å²) < 4.78 is 65.3. The molecule has 0 saturated heterocycles. The van der Waals surface area contributed by atoms with Gasteiger partial charge in [-0.05, 0) is 134 Å². The summed E-state index contributed by atoms with van der Waals surface area (Å²) in [4.78, 5) is 7.70. The van der Waals surface area contributed by atoms with Crippen LogP contribution in [0.3, 0.4) is 0 Å². The molecule has 6 rings (SSSR count). The van der Waals surface area contributed by atoms with Crippen LogP contribution in [0.5, 0.6) is 5.75 Å². The Morgan fingerprint density at radius 3 is 1.22 bits per heavy atom. The Hall–Kier alpha value is -7.54. The van der Waals surface area contributed by atoms with E-state index < -0.39 is 20.7 Å². The first-order valence-electron chi connectivity index (χ1n) is 17.6. The molecule has 304 valence electrons. The summed E-state index contributed by atoms with van der Waals surface area (Å²) in [5, 5.41) is 33.9. The third kappa shape index (κ3) is 15.4. The molecule has 1 N–H and O–H groups in total. The van der Waals surface area contributed by atoms with E-state index in [1.807, 2.05) is 81.3 Å². The van der Waals surface area contributed by atoms with E-state index in [2.05, 4.69) is 40.9 Å². The van der Waals surface area contributed by atoms with E-state index in [0.717, 1.165) is 22.6 Å². The molecule has 0 spiro atoms. The van der Waals surface area contributed by atoms with E-state index >= 15 is 0 Å². The largest absolute Gasteiger partial charge is 0.494 e. The van der Waals surface area contributed by atoms with Crippen molar-refractivity contribution in [3.63, 3.8) is 0 Å². The van der Waals surface area contributed by atoms with Gasteiger partial charge in [0.25, 0.3) is 10.1 Å². The standard InChI is InChI=1S/C41H34N8O4S.CH2O.O3S/c1-3-53-40-26-24-38(25-27-40)47-46-36-18-16-35(17-19-36)45-43-33-13-7-30(8-14-33)6-9-31-10-15-39(28-41(31)54(50,51)52)49-48-37-22-20-34(21-23-37)44-42-32-11-4-29(2)5-12-32;1-2;1-4(2)3/h4-28H,3H2,1-2H3,(H,50,51,52);1H2;. The van der Waals surface area contributed by atoms with Crippen molar-refractivity contribution in [1.82, 2.24) is 0 Å². The summed E-state index contributed by atoms with van der Waals surface area (Å²) in [6.45, 7) is 6.54. The summed E-state index contributed by atoms with van der Waals surface area (Å²) in [7, 11) is -7.67. The number of rotatable bonds is 13. The number of hydrogen-bond donors (Lipinski definition) is 1. The molecule has 0 atom stereocenters. The molecule has 16 nitrogen and oxygen atoms in total. The van der Waals surface area contributed by atoms with Gasteiger partial charge in [0.1, 0.15) is 17.4 Å². The lowest BCUT2D eigenvalue weighted by Gasteiger charge is -2.04. The van der Waals surface area contributed by atoms with Gasteiger partial charge in [0.2, 0.25) is 0 Å². The molecule has 0 heterocycles. The molecule has 0 aliphatic heterocycles. The Balaban J connectivity index is 0.00000125. The van der Waals surface area contributed by atoms with Gasteiger partial charge in [0.05, 0.1) is 52.1 Å². The molecule has 60 heavy (non-hydrogen) atoms. The quantitative estimate of drug-likeness (QED) is 0.0665. The highest BCUT2D eigenvalue weighted by atomic mass is 32.2.